The Hall–Kier alpha value is -3.52. The maximum absolute atomic E-state index is 12.5. The molecule has 0 bridgehead atoms. The van der Waals surface area contributed by atoms with Crippen molar-refractivity contribution in [3.05, 3.63) is 83.4 Å². The van der Waals surface area contributed by atoms with E-state index in [1.54, 1.807) is 32.4 Å². The zero-order chi connectivity index (χ0) is 34.1. The fourth-order valence-corrected chi connectivity index (χ4v) is 6.25. The Bertz CT molecular complexity index is 1500. The smallest absolute Gasteiger partial charge is 0.191 e. The highest BCUT2D eigenvalue weighted by Crippen LogP contribution is 2.50. The lowest BCUT2D eigenvalue weighted by molar-refractivity contribution is -0.0274. The number of hydrogen-bond donors (Lipinski definition) is 1. The van der Waals surface area contributed by atoms with Crippen molar-refractivity contribution in [2.24, 2.45) is 0 Å². The molecule has 2 unspecified atom stereocenters. The van der Waals surface area contributed by atoms with Gasteiger partial charge in [0.15, 0.2) is 27.5 Å². The normalized spacial score (nSPS) is 19.2. The minimum absolute atomic E-state index is 0.0992. The molecule has 1 aliphatic heterocycles. The first-order chi connectivity index (χ1) is 22.3. The first-order valence-electron chi connectivity index (χ1n) is 16.0. The third kappa shape index (κ3) is 8.69. The zero-order valence-corrected chi connectivity index (χ0v) is 30.1. The first kappa shape index (κ1) is 36.3. The summed E-state index contributed by atoms with van der Waals surface area (Å²) in [6.07, 6.45) is 1.92. The molecule has 0 amide bonds. The molecule has 0 saturated carbocycles. The summed E-state index contributed by atoms with van der Waals surface area (Å²) in [6, 6.07) is 20.9. The molecule has 2 atom stereocenters. The monoisotopic (exact) mass is 662 g/mol. The summed E-state index contributed by atoms with van der Waals surface area (Å²) in [5.74, 6) is 8.71. The van der Waals surface area contributed by atoms with Crippen LogP contribution in [-0.4, -0.2) is 61.1 Å². The van der Waals surface area contributed by atoms with E-state index in [4.69, 9.17) is 32.8 Å². The van der Waals surface area contributed by atoms with E-state index in [0.29, 0.717) is 28.6 Å². The molecular formula is C38H50O8Si. The van der Waals surface area contributed by atoms with Crippen LogP contribution in [0.1, 0.15) is 50.8 Å². The molecule has 0 fully saturated rings. The Kier molecular flexibility index (Phi) is 12.0. The standard InChI is InChI=1S/C38H50O8Si/c1-36(2,3)47(7,8)46-24-9-11-29-12-16-31(17-13-29)42-23-10-22-38(39)34-21-20-33(45-28-41-6)25-35(34)43-26-37(38,4)30-14-18-32(19-15-30)44-27-40-5/h12-21,25,39H,9,11,23-24,26-28H2,1-8H3. The van der Waals surface area contributed by atoms with Gasteiger partial charge in [0.25, 0.3) is 0 Å². The molecule has 1 heterocycles. The van der Waals surface area contributed by atoms with Crippen LogP contribution < -0.4 is 18.9 Å². The lowest BCUT2D eigenvalue weighted by Gasteiger charge is -2.46. The van der Waals surface area contributed by atoms with Gasteiger partial charge in [-0.25, -0.2) is 0 Å². The van der Waals surface area contributed by atoms with Crippen molar-refractivity contribution in [1.29, 1.82) is 0 Å². The van der Waals surface area contributed by atoms with Gasteiger partial charge in [-0.15, -0.1) is 0 Å². The van der Waals surface area contributed by atoms with Crippen molar-refractivity contribution in [3.8, 4) is 34.8 Å². The van der Waals surface area contributed by atoms with Crippen molar-refractivity contribution in [2.45, 2.75) is 69.7 Å². The maximum atomic E-state index is 12.5. The van der Waals surface area contributed by atoms with Crippen LogP contribution in [0.2, 0.25) is 18.1 Å². The fraction of sp³-hybridized carbons (Fsp3) is 0.474. The minimum Gasteiger partial charge on any atom is -0.492 e. The maximum Gasteiger partial charge on any atom is 0.191 e. The topological polar surface area (TPSA) is 84.8 Å². The van der Waals surface area contributed by atoms with Gasteiger partial charge in [-0.1, -0.05) is 56.9 Å². The van der Waals surface area contributed by atoms with Crippen molar-refractivity contribution in [2.75, 3.05) is 47.6 Å². The van der Waals surface area contributed by atoms with E-state index in [1.807, 2.05) is 43.3 Å². The quantitative estimate of drug-likeness (QED) is 0.0838. The van der Waals surface area contributed by atoms with Crippen LogP contribution in [-0.2, 0) is 31.3 Å². The molecule has 1 aliphatic rings. The molecule has 0 spiro atoms. The molecule has 4 rings (SSSR count). The molecule has 8 nitrogen and oxygen atoms in total. The highest BCUT2D eigenvalue weighted by Gasteiger charge is 2.53. The Morgan fingerprint density at radius 2 is 1.45 bits per heavy atom. The molecular weight excluding hydrogens is 612 g/mol. The number of benzene rings is 3. The summed E-state index contributed by atoms with van der Waals surface area (Å²) in [6.45, 7) is 14.6. The van der Waals surface area contributed by atoms with E-state index in [1.165, 1.54) is 5.56 Å². The number of ether oxygens (including phenoxy) is 6. The molecule has 9 heteroatoms. The second-order valence-electron chi connectivity index (χ2n) is 13.6. The summed E-state index contributed by atoms with van der Waals surface area (Å²) in [5.41, 5.74) is 0.103. The van der Waals surface area contributed by atoms with Gasteiger partial charge >= 0.3 is 0 Å². The summed E-state index contributed by atoms with van der Waals surface area (Å²) in [4.78, 5) is 0. The largest absolute Gasteiger partial charge is 0.492 e. The van der Waals surface area contributed by atoms with Gasteiger partial charge in [0.1, 0.15) is 36.2 Å². The predicted octanol–water partition coefficient (Wildman–Crippen LogP) is 7.23. The zero-order valence-electron chi connectivity index (χ0n) is 29.1. The van der Waals surface area contributed by atoms with Crippen LogP contribution in [0.5, 0.6) is 23.0 Å². The third-order valence-electron chi connectivity index (χ3n) is 9.22. The molecule has 3 aromatic rings. The van der Waals surface area contributed by atoms with Crippen LogP contribution in [0.15, 0.2) is 66.7 Å². The Morgan fingerprint density at radius 1 is 0.851 bits per heavy atom. The first-order valence-corrected chi connectivity index (χ1v) is 18.9. The summed E-state index contributed by atoms with van der Waals surface area (Å²) < 4.78 is 39.8. The van der Waals surface area contributed by atoms with Crippen LogP contribution in [0.3, 0.4) is 0 Å². The number of fused-ring (bicyclic) bond motifs is 1. The van der Waals surface area contributed by atoms with Gasteiger partial charge in [-0.3, -0.25) is 0 Å². The van der Waals surface area contributed by atoms with Gasteiger partial charge in [-0.05, 0) is 85.4 Å². The lowest BCUT2D eigenvalue weighted by Crippen LogP contribution is -2.53. The van der Waals surface area contributed by atoms with Gasteiger partial charge in [0, 0.05) is 32.5 Å². The molecule has 0 aliphatic carbocycles. The Balaban J connectivity index is 1.48. The average molecular weight is 663 g/mol. The van der Waals surface area contributed by atoms with Crippen LogP contribution in [0, 0.1) is 11.8 Å². The van der Waals surface area contributed by atoms with Crippen molar-refractivity contribution < 1.29 is 38.0 Å². The minimum atomic E-state index is -1.73. The third-order valence-corrected chi connectivity index (χ3v) is 13.8. The predicted molar refractivity (Wildman–Crippen MR) is 186 cm³/mol. The summed E-state index contributed by atoms with van der Waals surface area (Å²) >= 11 is 0. The van der Waals surface area contributed by atoms with Crippen molar-refractivity contribution >= 4 is 8.32 Å². The molecule has 0 aromatic heterocycles. The number of aryl methyl sites for hydroxylation is 1. The lowest BCUT2D eigenvalue weighted by atomic mass is 9.65. The van der Waals surface area contributed by atoms with E-state index in [9.17, 15) is 5.11 Å². The molecule has 3 aromatic carbocycles. The molecule has 254 valence electrons. The van der Waals surface area contributed by atoms with Gasteiger partial charge < -0.3 is 38.0 Å². The highest BCUT2D eigenvalue weighted by atomic mass is 28.4. The molecule has 0 radical (unpaired) electrons. The van der Waals surface area contributed by atoms with Crippen LogP contribution in [0.25, 0.3) is 0 Å². The van der Waals surface area contributed by atoms with Crippen molar-refractivity contribution in [1.82, 2.24) is 0 Å². The summed E-state index contributed by atoms with van der Waals surface area (Å²) in [7, 11) is 1.40. The van der Waals surface area contributed by atoms with E-state index < -0.39 is 19.3 Å². The Morgan fingerprint density at radius 3 is 2.09 bits per heavy atom. The van der Waals surface area contributed by atoms with E-state index >= 15 is 0 Å². The van der Waals surface area contributed by atoms with E-state index in [-0.39, 0.29) is 31.8 Å². The van der Waals surface area contributed by atoms with Crippen LogP contribution >= 0.6 is 0 Å². The number of rotatable bonds is 14. The second kappa shape index (κ2) is 15.6. The highest BCUT2D eigenvalue weighted by molar-refractivity contribution is 6.74. The SMILES string of the molecule is COCOc1ccc(C2(C)COc3cc(OCOC)ccc3C2(O)C#CCOc2ccc(CCCO[Si](C)(C)C(C)(C)C)cc2)cc1. The Labute approximate surface area is 281 Å². The van der Waals surface area contributed by atoms with Crippen molar-refractivity contribution in [3.63, 3.8) is 0 Å². The molecule has 47 heavy (non-hydrogen) atoms. The number of hydrogen-bond acceptors (Lipinski definition) is 8. The van der Waals surface area contributed by atoms with Gasteiger partial charge in [0.05, 0.1) is 5.41 Å². The second-order valence-corrected chi connectivity index (χ2v) is 18.4. The van der Waals surface area contributed by atoms with E-state index in [2.05, 4.69) is 57.8 Å². The van der Waals surface area contributed by atoms with Gasteiger partial charge in [-0.2, -0.15) is 0 Å². The van der Waals surface area contributed by atoms with E-state index in [0.717, 1.165) is 25.0 Å². The fourth-order valence-electron chi connectivity index (χ4n) is 5.16. The van der Waals surface area contributed by atoms with Crippen LogP contribution in [0.4, 0.5) is 0 Å². The molecule has 0 saturated heterocycles. The molecule has 1 N–H and O–H groups in total. The average Bonchev–Trinajstić information content (AvgIpc) is 3.05. The number of methoxy groups -OCH3 is 2. The number of aliphatic hydroxyl groups is 1. The van der Waals surface area contributed by atoms with Gasteiger partial charge in [0.2, 0.25) is 0 Å². The summed E-state index contributed by atoms with van der Waals surface area (Å²) in [5, 5.41) is 12.7.